The number of benzene rings is 1. The summed E-state index contributed by atoms with van der Waals surface area (Å²) in [6, 6.07) is 4.57. The van der Waals surface area contributed by atoms with Gasteiger partial charge in [-0.15, -0.1) is 0 Å². The van der Waals surface area contributed by atoms with E-state index in [1.165, 1.54) is 61.2 Å². The molecule has 0 atom stereocenters. The minimum atomic E-state index is 1.12. The van der Waals surface area contributed by atoms with Crippen LogP contribution in [-0.4, -0.2) is 19.1 Å². The SMILES string of the molecule is c1c2nc3n(c2cc2c1nc1n2CCCCC1)CCCCC3. The molecule has 2 aliphatic rings. The van der Waals surface area contributed by atoms with Gasteiger partial charge in [-0.25, -0.2) is 9.97 Å². The van der Waals surface area contributed by atoms with Crippen molar-refractivity contribution in [2.24, 2.45) is 0 Å². The lowest BCUT2D eigenvalue weighted by Gasteiger charge is -2.06. The van der Waals surface area contributed by atoms with Gasteiger partial charge in [0.1, 0.15) is 11.6 Å². The Morgan fingerprint density at radius 2 is 1.18 bits per heavy atom. The molecule has 0 bridgehead atoms. The minimum Gasteiger partial charge on any atom is -0.328 e. The minimum absolute atomic E-state index is 1.12. The molecule has 114 valence electrons. The second-order valence-corrected chi connectivity index (χ2v) is 6.81. The van der Waals surface area contributed by atoms with Crippen LogP contribution in [0, 0.1) is 0 Å². The van der Waals surface area contributed by atoms with Crippen LogP contribution in [0.1, 0.15) is 50.2 Å². The number of fused-ring (bicyclic) bond motifs is 6. The van der Waals surface area contributed by atoms with Gasteiger partial charge in [0.2, 0.25) is 0 Å². The van der Waals surface area contributed by atoms with Crippen LogP contribution in [0.2, 0.25) is 0 Å². The van der Waals surface area contributed by atoms with E-state index in [0.717, 1.165) is 37.0 Å². The van der Waals surface area contributed by atoms with E-state index in [4.69, 9.17) is 9.97 Å². The number of rotatable bonds is 0. The van der Waals surface area contributed by atoms with Crippen LogP contribution in [0.3, 0.4) is 0 Å². The fourth-order valence-electron chi connectivity index (χ4n) is 4.18. The van der Waals surface area contributed by atoms with Gasteiger partial charge in [-0.3, -0.25) is 0 Å². The molecule has 4 heterocycles. The van der Waals surface area contributed by atoms with E-state index in [1.54, 1.807) is 0 Å². The molecule has 1 aromatic carbocycles. The zero-order valence-electron chi connectivity index (χ0n) is 13.0. The van der Waals surface area contributed by atoms with Gasteiger partial charge in [-0.05, 0) is 37.8 Å². The second-order valence-electron chi connectivity index (χ2n) is 6.81. The number of hydrogen-bond donors (Lipinski definition) is 0. The van der Waals surface area contributed by atoms with Crippen molar-refractivity contribution >= 4 is 22.1 Å². The molecule has 2 aliphatic heterocycles. The van der Waals surface area contributed by atoms with Crippen LogP contribution >= 0.6 is 0 Å². The Bertz CT molecular complexity index is 787. The predicted molar refractivity (Wildman–Crippen MR) is 88.1 cm³/mol. The van der Waals surface area contributed by atoms with Gasteiger partial charge in [0, 0.05) is 25.9 Å². The summed E-state index contributed by atoms with van der Waals surface area (Å²) in [5.41, 5.74) is 4.91. The molecular formula is C18H22N4. The summed E-state index contributed by atoms with van der Waals surface area (Å²) in [6.45, 7) is 2.25. The molecule has 4 heteroatoms. The Balaban J connectivity index is 1.76. The van der Waals surface area contributed by atoms with Crippen LogP contribution in [-0.2, 0) is 25.9 Å². The van der Waals surface area contributed by atoms with Crippen molar-refractivity contribution in [2.75, 3.05) is 0 Å². The van der Waals surface area contributed by atoms with Crippen LogP contribution in [0.4, 0.5) is 0 Å². The molecule has 22 heavy (non-hydrogen) atoms. The first-order valence-corrected chi connectivity index (χ1v) is 8.78. The highest BCUT2D eigenvalue weighted by Crippen LogP contribution is 2.28. The average Bonchev–Trinajstić information content (AvgIpc) is 2.80. The van der Waals surface area contributed by atoms with Gasteiger partial charge in [-0.2, -0.15) is 0 Å². The Hall–Kier alpha value is -1.84. The maximum Gasteiger partial charge on any atom is 0.109 e. The maximum atomic E-state index is 4.90. The standard InChI is InChI=1S/C18H22N4/c1-3-7-17-19-13-11-14-16(12-15(13)21(17)9-5-1)22-10-6-2-4-8-18(22)20-14/h11-12H,1-10H2. The first-order chi connectivity index (χ1) is 10.9. The fourth-order valence-corrected chi connectivity index (χ4v) is 4.18. The number of aryl methyl sites for hydroxylation is 4. The number of hydrogen-bond acceptors (Lipinski definition) is 2. The van der Waals surface area contributed by atoms with Crippen molar-refractivity contribution in [1.29, 1.82) is 0 Å². The summed E-state index contributed by atoms with van der Waals surface area (Å²) in [7, 11) is 0. The third-order valence-corrected chi connectivity index (χ3v) is 5.34. The summed E-state index contributed by atoms with van der Waals surface area (Å²) < 4.78 is 4.91. The van der Waals surface area contributed by atoms with Crippen LogP contribution in [0.5, 0.6) is 0 Å². The van der Waals surface area contributed by atoms with Gasteiger partial charge in [0.05, 0.1) is 22.1 Å². The maximum absolute atomic E-state index is 4.90. The molecule has 0 amide bonds. The van der Waals surface area contributed by atoms with E-state index < -0.39 is 0 Å². The van der Waals surface area contributed by atoms with Crippen molar-refractivity contribution in [3.05, 3.63) is 23.8 Å². The number of aromatic nitrogens is 4. The van der Waals surface area contributed by atoms with Crippen LogP contribution in [0.25, 0.3) is 22.1 Å². The summed E-state index contributed by atoms with van der Waals surface area (Å²) >= 11 is 0. The normalized spacial score (nSPS) is 18.9. The molecule has 0 unspecified atom stereocenters. The van der Waals surface area contributed by atoms with E-state index in [-0.39, 0.29) is 0 Å². The molecule has 0 saturated heterocycles. The monoisotopic (exact) mass is 294 g/mol. The van der Waals surface area contributed by atoms with E-state index in [9.17, 15) is 0 Å². The molecule has 0 aliphatic carbocycles. The van der Waals surface area contributed by atoms with E-state index in [2.05, 4.69) is 21.3 Å². The lowest BCUT2D eigenvalue weighted by atomic mass is 10.2. The van der Waals surface area contributed by atoms with Crippen molar-refractivity contribution in [3.63, 3.8) is 0 Å². The molecule has 0 radical (unpaired) electrons. The van der Waals surface area contributed by atoms with Gasteiger partial charge in [0.15, 0.2) is 0 Å². The second kappa shape index (κ2) is 4.83. The first kappa shape index (κ1) is 12.7. The Morgan fingerprint density at radius 1 is 0.636 bits per heavy atom. The quantitative estimate of drug-likeness (QED) is 0.631. The zero-order valence-corrected chi connectivity index (χ0v) is 13.0. The third kappa shape index (κ3) is 1.82. The predicted octanol–water partition coefficient (Wildman–Crippen LogP) is 3.84. The van der Waals surface area contributed by atoms with Crippen molar-refractivity contribution in [2.45, 2.75) is 64.5 Å². The molecule has 0 N–H and O–H groups in total. The van der Waals surface area contributed by atoms with Gasteiger partial charge < -0.3 is 9.13 Å². The smallest absolute Gasteiger partial charge is 0.109 e. The first-order valence-electron chi connectivity index (χ1n) is 8.78. The Labute approximate surface area is 130 Å². The average molecular weight is 294 g/mol. The number of imidazole rings is 2. The highest BCUT2D eigenvalue weighted by atomic mass is 15.1. The van der Waals surface area contributed by atoms with Crippen molar-refractivity contribution in [3.8, 4) is 0 Å². The van der Waals surface area contributed by atoms with Gasteiger partial charge >= 0.3 is 0 Å². The summed E-state index contributed by atoms with van der Waals surface area (Å²) in [4.78, 5) is 9.80. The molecule has 0 fully saturated rings. The van der Waals surface area contributed by atoms with E-state index in [0.29, 0.717) is 0 Å². The van der Waals surface area contributed by atoms with Gasteiger partial charge in [0.25, 0.3) is 0 Å². The highest BCUT2D eigenvalue weighted by molar-refractivity contribution is 5.92. The molecule has 3 aromatic rings. The molecule has 2 aromatic heterocycles. The highest BCUT2D eigenvalue weighted by Gasteiger charge is 2.18. The van der Waals surface area contributed by atoms with E-state index >= 15 is 0 Å². The van der Waals surface area contributed by atoms with E-state index in [1.807, 2.05) is 0 Å². The summed E-state index contributed by atoms with van der Waals surface area (Å²) in [6.07, 6.45) is 10.0. The Morgan fingerprint density at radius 3 is 1.73 bits per heavy atom. The zero-order chi connectivity index (χ0) is 14.5. The molecule has 0 saturated carbocycles. The van der Waals surface area contributed by atoms with Crippen LogP contribution < -0.4 is 0 Å². The Kier molecular flexibility index (Phi) is 2.79. The molecule has 0 spiro atoms. The largest absolute Gasteiger partial charge is 0.328 e. The lowest BCUT2D eigenvalue weighted by Crippen LogP contribution is -2.01. The third-order valence-electron chi connectivity index (χ3n) is 5.34. The van der Waals surface area contributed by atoms with Gasteiger partial charge in [-0.1, -0.05) is 12.8 Å². The number of nitrogens with zero attached hydrogens (tertiary/aromatic N) is 4. The fraction of sp³-hybridized carbons (Fsp3) is 0.556. The molecule has 4 nitrogen and oxygen atoms in total. The summed E-state index contributed by atoms with van der Waals surface area (Å²) in [5.74, 6) is 2.55. The lowest BCUT2D eigenvalue weighted by molar-refractivity contribution is 0.644. The van der Waals surface area contributed by atoms with Crippen molar-refractivity contribution in [1.82, 2.24) is 19.1 Å². The van der Waals surface area contributed by atoms with Crippen LogP contribution in [0.15, 0.2) is 12.1 Å². The topological polar surface area (TPSA) is 35.6 Å². The molecular weight excluding hydrogens is 272 g/mol. The summed E-state index contributed by atoms with van der Waals surface area (Å²) in [5, 5.41) is 0. The van der Waals surface area contributed by atoms with Crippen molar-refractivity contribution < 1.29 is 0 Å². The molecule has 5 rings (SSSR count).